The summed E-state index contributed by atoms with van der Waals surface area (Å²) in [7, 11) is 0. The van der Waals surface area contributed by atoms with E-state index in [-0.39, 0.29) is 24.0 Å². The SMILES string of the molecule is Cc1cc(-c2nc(C(C)Nc3ncnc(N)c3C#N)nn3ccc(C)c23)cc(C)c1CO. The minimum absolute atomic E-state index is 0.00319. The molecule has 4 rings (SSSR count). The predicted molar refractivity (Wildman–Crippen MR) is 122 cm³/mol. The first-order valence-corrected chi connectivity index (χ1v) is 10.2. The number of nitrogens with zero attached hydrogens (tertiary/aromatic N) is 6. The minimum atomic E-state index is -0.360. The Morgan fingerprint density at radius 2 is 1.91 bits per heavy atom. The highest BCUT2D eigenvalue weighted by atomic mass is 16.3. The number of benzene rings is 1. The summed E-state index contributed by atoms with van der Waals surface area (Å²) in [6.07, 6.45) is 3.21. The van der Waals surface area contributed by atoms with Crippen LogP contribution in [0.4, 0.5) is 11.6 Å². The summed E-state index contributed by atoms with van der Waals surface area (Å²) in [4.78, 5) is 12.9. The highest BCUT2D eigenvalue weighted by Gasteiger charge is 2.19. The molecule has 1 atom stereocenters. The van der Waals surface area contributed by atoms with E-state index in [4.69, 9.17) is 10.7 Å². The number of hydrogen-bond acceptors (Lipinski definition) is 8. The Labute approximate surface area is 185 Å². The van der Waals surface area contributed by atoms with Gasteiger partial charge >= 0.3 is 0 Å². The van der Waals surface area contributed by atoms with E-state index in [0.29, 0.717) is 11.6 Å². The molecule has 4 aromatic rings. The molecule has 0 fully saturated rings. The monoisotopic (exact) mass is 428 g/mol. The molecule has 0 spiro atoms. The fourth-order valence-electron chi connectivity index (χ4n) is 3.85. The number of nitriles is 1. The molecular weight excluding hydrogens is 404 g/mol. The van der Waals surface area contributed by atoms with Gasteiger partial charge < -0.3 is 16.2 Å². The lowest BCUT2D eigenvalue weighted by Crippen LogP contribution is -2.16. The zero-order valence-electron chi connectivity index (χ0n) is 18.4. The number of nitrogens with two attached hydrogens (primary N) is 1. The van der Waals surface area contributed by atoms with Gasteiger partial charge in [0.15, 0.2) is 5.82 Å². The first-order valence-electron chi connectivity index (χ1n) is 10.2. The van der Waals surface area contributed by atoms with Crippen molar-refractivity contribution in [3.8, 4) is 17.3 Å². The largest absolute Gasteiger partial charge is 0.392 e. The van der Waals surface area contributed by atoms with Crippen molar-refractivity contribution in [3.63, 3.8) is 0 Å². The Morgan fingerprint density at radius 1 is 1.19 bits per heavy atom. The summed E-state index contributed by atoms with van der Waals surface area (Å²) >= 11 is 0. The van der Waals surface area contributed by atoms with Gasteiger partial charge in [-0.3, -0.25) is 0 Å². The third-order valence-electron chi connectivity index (χ3n) is 5.59. The average Bonchev–Trinajstić information content (AvgIpc) is 3.14. The van der Waals surface area contributed by atoms with E-state index in [2.05, 4.69) is 20.4 Å². The van der Waals surface area contributed by atoms with E-state index in [1.54, 1.807) is 0 Å². The number of hydrogen-bond donors (Lipinski definition) is 3. The van der Waals surface area contributed by atoms with Crippen molar-refractivity contribution in [2.75, 3.05) is 11.1 Å². The van der Waals surface area contributed by atoms with Gasteiger partial charge in [-0.05, 0) is 68.1 Å². The summed E-state index contributed by atoms with van der Waals surface area (Å²) in [6, 6.07) is 7.74. The molecule has 0 aliphatic heterocycles. The second kappa shape index (κ2) is 8.24. The van der Waals surface area contributed by atoms with Crippen molar-refractivity contribution in [1.29, 1.82) is 5.26 Å². The molecule has 0 bridgehead atoms. The molecule has 0 radical (unpaired) electrons. The zero-order chi connectivity index (χ0) is 23.0. The Kier molecular flexibility index (Phi) is 5.47. The van der Waals surface area contributed by atoms with Crippen LogP contribution in [0.3, 0.4) is 0 Å². The van der Waals surface area contributed by atoms with Crippen molar-refractivity contribution in [3.05, 3.63) is 64.4 Å². The van der Waals surface area contributed by atoms with Crippen molar-refractivity contribution in [2.45, 2.75) is 40.3 Å². The van der Waals surface area contributed by atoms with Crippen LogP contribution >= 0.6 is 0 Å². The van der Waals surface area contributed by atoms with Gasteiger partial charge in [0.1, 0.15) is 29.6 Å². The Morgan fingerprint density at radius 3 is 2.56 bits per heavy atom. The van der Waals surface area contributed by atoms with Crippen molar-refractivity contribution >= 4 is 17.2 Å². The molecule has 162 valence electrons. The summed E-state index contributed by atoms with van der Waals surface area (Å²) in [6.45, 7) is 7.88. The number of nitrogens with one attached hydrogen (secondary N) is 1. The minimum Gasteiger partial charge on any atom is -0.392 e. The predicted octanol–water partition coefficient (Wildman–Crippen LogP) is 3.23. The molecular formula is C23H24N8O. The smallest absolute Gasteiger partial charge is 0.171 e. The van der Waals surface area contributed by atoms with Gasteiger partial charge in [0, 0.05) is 11.8 Å². The summed E-state index contributed by atoms with van der Waals surface area (Å²) in [5.74, 6) is 0.983. The zero-order valence-corrected chi connectivity index (χ0v) is 18.4. The number of aryl methyl sites for hydroxylation is 3. The third-order valence-corrected chi connectivity index (χ3v) is 5.59. The maximum absolute atomic E-state index is 9.68. The molecule has 1 unspecified atom stereocenters. The van der Waals surface area contributed by atoms with Crippen LogP contribution < -0.4 is 11.1 Å². The quantitative estimate of drug-likeness (QED) is 0.440. The maximum atomic E-state index is 9.68. The topological polar surface area (TPSA) is 138 Å². The first kappa shape index (κ1) is 21.2. The molecule has 32 heavy (non-hydrogen) atoms. The highest BCUT2D eigenvalue weighted by Crippen LogP contribution is 2.30. The molecule has 0 amide bonds. The molecule has 9 heteroatoms. The number of aliphatic hydroxyl groups excluding tert-OH is 1. The Bertz CT molecular complexity index is 1350. The first-order chi connectivity index (χ1) is 15.3. The molecule has 3 aromatic heterocycles. The van der Waals surface area contributed by atoms with Crippen LogP contribution in [0.25, 0.3) is 16.8 Å². The van der Waals surface area contributed by atoms with Crippen molar-refractivity contribution in [1.82, 2.24) is 24.6 Å². The normalized spacial score (nSPS) is 12.0. The molecule has 3 heterocycles. The number of nitrogen functional groups attached to an aromatic ring is 1. The fourth-order valence-corrected chi connectivity index (χ4v) is 3.85. The Hall–Kier alpha value is -4.03. The van der Waals surface area contributed by atoms with Gasteiger partial charge in [-0.2, -0.15) is 10.4 Å². The van der Waals surface area contributed by atoms with E-state index in [1.165, 1.54) is 6.33 Å². The average molecular weight is 429 g/mol. The van der Waals surface area contributed by atoms with Crippen molar-refractivity contribution in [2.24, 2.45) is 0 Å². The lowest BCUT2D eigenvalue weighted by molar-refractivity contribution is 0.280. The van der Waals surface area contributed by atoms with Crippen LogP contribution in [-0.4, -0.2) is 29.7 Å². The van der Waals surface area contributed by atoms with E-state index in [0.717, 1.165) is 39.0 Å². The van der Waals surface area contributed by atoms with Crippen LogP contribution in [0.15, 0.2) is 30.7 Å². The highest BCUT2D eigenvalue weighted by molar-refractivity contribution is 5.80. The van der Waals surface area contributed by atoms with Crippen molar-refractivity contribution < 1.29 is 5.11 Å². The Balaban J connectivity index is 1.84. The fraction of sp³-hybridized carbons (Fsp3) is 0.261. The molecule has 0 aliphatic carbocycles. The van der Waals surface area contributed by atoms with Gasteiger partial charge in [0.2, 0.25) is 0 Å². The summed E-state index contributed by atoms with van der Waals surface area (Å²) in [5, 5.41) is 27.0. The number of anilines is 2. The summed E-state index contributed by atoms with van der Waals surface area (Å²) in [5.41, 5.74) is 12.6. The molecule has 0 saturated carbocycles. The molecule has 4 N–H and O–H groups in total. The van der Waals surface area contributed by atoms with E-state index in [9.17, 15) is 10.4 Å². The number of aliphatic hydroxyl groups is 1. The van der Waals surface area contributed by atoms with Crippen LogP contribution in [0.5, 0.6) is 0 Å². The van der Waals surface area contributed by atoms with Gasteiger partial charge in [0.25, 0.3) is 0 Å². The summed E-state index contributed by atoms with van der Waals surface area (Å²) < 4.78 is 1.81. The second-order valence-electron chi connectivity index (χ2n) is 7.82. The standard InChI is InChI=1S/C23H24N8O/c1-12-5-6-31-20(12)19(16-7-13(2)18(10-32)14(3)8-16)29-22(30-31)15(4)28-23-17(9-24)21(25)26-11-27-23/h5-8,11,15,32H,10H2,1-4H3,(H3,25,26,27,28). The molecule has 1 aromatic carbocycles. The second-order valence-corrected chi connectivity index (χ2v) is 7.82. The molecule has 9 nitrogen and oxygen atoms in total. The van der Waals surface area contributed by atoms with Crippen LogP contribution in [0.2, 0.25) is 0 Å². The molecule has 0 aliphatic rings. The van der Waals surface area contributed by atoms with Gasteiger partial charge in [-0.1, -0.05) is 0 Å². The van der Waals surface area contributed by atoms with Gasteiger partial charge in [-0.15, -0.1) is 0 Å². The van der Waals surface area contributed by atoms with Gasteiger partial charge in [-0.25, -0.2) is 19.5 Å². The number of fused-ring (bicyclic) bond motifs is 1. The lowest BCUT2D eigenvalue weighted by Gasteiger charge is -2.17. The van der Waals surface area contributed by atoms with Gasteiger partial charge in [0.05, 0.1) is 23.9 Å². The van der Waals surface area contributed by atoms with E-state index in [1.807, 2.05) is 62.7 Å². The van der Waals surface area contributed by atoms with Crippen LogP contribution in [0, 0.1) is 32.1 Å². The van der Waals surface area contributed by atoms with E-state index >= 15 is 0 Å². The molecule has 0 saturated heterocycles. The van der Waals surface area contributed by atoms with Crippen LogP contribution in [-0.2, 0) is 6.61 Å². The third kappa shape index (κ3) is 3.61. The lowest BCUT2D eigenvalue weighted by atomic mass is 9.97. The number of rotatable bonds is 5. The number of aromatic nitrogens is 5. The maximum Gasteiger partial charge on any atom is 0.171 e. The van der Waals surface area contributed by atoms with E-state index < -0.39 is 0 Å². The van der Waals surface area contributed by atoms with Crippen LogP contribution in [0.1, 0.15) is 46.6 Å².